The molecule has 30 rings (SSSR count). The SMILES string of the molecule is c1ccc(-n2c3ccccc3c3c(-c4ccccc4-c4ccc5c(c4)oc4c6ccccc6n(-c6ccccc6)c54)cccc32)cc1.c1ccc(-n2c3ccccc3c3cc(-c4ccccc4-c4ccc5c(c4)oc4c6ccccc6n(-c6ccccc6)c54)ccc32)cc1.c1ccc(-n2c3ccccc3c3cccc(-c4ccccc4-c4ccc5oc6c7ccccc7n(-c7ccccc7)c6c5c4)c32)cc1. The summed E-state index contributed by atoms with van der Waals surface area (Å²) in [4.78, 5) is 0. The van der Waals surface area contributed by atoms with Crippen LogP contribution in [0.4, 0.5) is 0 Å². The average Bonchev–Trinajstić information content (AvgIpc) is 1.58. The highest BCUT2D eigenvalue weighted by Crippen LogP contribution is 2.50. The third kappa shape index (κ3) is 12.9. The molecule has 0 fully saturated rings. The lowest BCUT2D eigenvalue weighted by Gasteiger charge is -2.15. The van der Waals surface area contributed by atoms with Crippen LogP contribution in [0.5, 0.6) is 0 Å². The van der Waals surface area contributed by atoms with Crippen molar-refractivity contribution in [2.45, 2.75) is 0 Å². The Labute approximate surface area is 809 Å². The first-order valence-corrected chi connectivity index (χ1v) is 48.1. The third-order valence-electron chi connectivity index (χ3n) is 28.6. The molecule has 0 bridgehead atoms. The van der Waals surface area contributed by atoms with Crippen LogP contribution in [0, 0.1) is 0 Å². The fourth-order valence-corrected chi connectivity index (χ4v) is 22.5. The van der Waals surface area contributed by atoms with E-state index in [2.05, 4.69) is 537 Å². The van der Waals surface area contributed by atoms with Crippen molar-refractivity contribution < 1.29 is 13.3 Å². The molecule has 9 heterocycles. The molecule has 0 amide bonds. The molecule has 0 aliphatic carbocycles. The summed E-state index contributed by atoms with van der Waals surface area (Å²) in [6, 6.07) is 182. The van der Waals surface area contributed by atoms with E-state index < -0.39 is 0 Å². The van der Waals surface area contributed by atoms with E-state index >= 15 is 0 Å². The van der Waals surface area contributed by atoms with E-state index in [-0.39, 0.29) is 0 Å². The number of hydrogen-bond donors (Lipinski definition) is 0. The Bertz CT molecular complexity index is 10200. The summed E-state index contributed by atoms with van der Waals surface area (Å²) in [7, 11) is 0. The normalized spacial score (nSPS) is 11.8. The van der Waals surface area contributed by atoms with Gasteiger partial charge in [0.05, 0.1) is 49.7 Å². The standard InChI is InChI=1S/3C44H28N2O/c1-3-14-30(15-4-1)45-39-24-11-9-20-34(39)36-23-13-22-35(42(36)45)33-19-8-7-18-32(33)29-26-27-41-38(28-29)43-44(47-41)37-21-10-12-25-40(37)46(43)31-16-5-2-6-17-31;1-3-14-30(15-4-1)45-38-23-11-9-20-35(38)42-34(22-13-25-40(42)45)33-19-8-7-18-32(33)29-26-27-37-41(28-29)47-44-36-21-10-12-24-39(36)46(43(37)44)31-16-5-2-6-17-31;1-3-13-31(14-4-1)45-39-21-11-9-19-35(39)38-27-29(24-26-41(38)45)33-17-7-8-18-34(33)30-23-25-37-42(28-30)47-44-36-20-10-12-22-40(36)46(43(37)44)32-15-5-2-6-16-32/h3*1-28H. The quantitative estimate of drug-likeness (QED) is 0.122. The number of aromatic nitrogens is 6. The van der Waals surface area contributed by atoms with Gasteiger partial charge in [-0.25, -0.2) is 0 Å². The molecule has 0 spiro atoms. The van der Waals surface area contributed by atoms with E-state index in [1.54, 1.807) is 0 Å². The number of para-hydroxylation sites is 13. The molecule has 0 saturated carbocycles. The summed E-state index contributed by atoms with van der Waals surface area (Å²) in [5.41, 5.74) is 40.4. The van der Waals surface area contributed by atoms with Crippen molar-refractivity contribution in [2.24, 2.45) is 0 Å². The number of benzene rings is 21. The summed E-state index contributed by atoms with van der Waals surface area (Å²) in [5, 5.41) is 14.2. The Morgan fingerprint density at radius 3 is 0.844 bits per heavy atom. The number of nitrogens with zero attached hydrogens (tertiary/aromatic N) is 6. The highest BCUT2D eigenvalue weighted by atomic mass is 16.3. The van der Waals surface area contributed by atoms with Crippen LogP contribution < -0.4 is 0 Å². The van der Waals surface area contributed by atoms with Gasteiger partial charge in [0.15, 0.2) is 16.7 Å². The van der Waals surface area contributed by atoms with Gasteiger partial charge in [-0.05, 0) is 243 Å². The smallest absolute Gasteiger partial charge is 0.161 e. The van der Waals surface area contributed by atoms with Crippen molar-refractivity contribution >= 4 is 164 Å². The lowest BCUT2D eigenvalue weighted by molar-refractivity contribution is 0.672. The predicted octanol–water partition coefficient (Wildman–Crippen LogP) is 35.9. The van der Waals surface area contributed by atoms with Crippen molar-refractivity contribution in [3.63, 3.8) is 0 Å². The van der Waals surface area contributed by atoms with E-state index in [1.165, 1.54) is 121 Å². The maximum Gasteiger partial charge on any atom is 0.161 e. The maximum atomic E-state index is 6.73. The van der Waals surface area contributed by atoms with Crippen LogP contribution in [0.2, 0.25) is 0 Å². The Kier molecular flexibility index (Phi) is 18.8. The minimum absolute atomic E-state index is 0.886. The zero-order chi connectivity index (χ0) is 92.7. The minimum atomic E-state index is 0.886. The molecule has 0 radical (unpaired) electrons. The molecule has 0 aliphatic heterocycles. The second-order valence-electron chi connectivity index (χ2n) is 36.4. The number of rotatable bonds is 12. The highest BCUT2D eigenvalue weighted by molar-refractivity contribution is 6.23. The fraction of sp³-hybridized carbons (Fsp3) is 0. The second kappa shape index (κ2) is 33.0. The summed E-state index contributed by atoms with van der Waals surface area (Å²) in [5.74, 6) is 0. The first-order chi connectivity index (χ1) is 70.0. The van der Waals surface area contributed by atoms with Crippen molar-refractivity contribution in [2.75, 3.05) is 0 Å². The van der Waals surface area contributed by atoms with Crippen molar-refractivity contribution in [1.82, 2.24) is 27.4 Å². The van der Waals surface area contributed by atoms with Gasteiger partial charge >= 0.3 is 0 Å². The van der Waals surface area contributed by atoms with E-state index in [0.29, 0.717) is 0 Å². The van der Waals surface area contributed by atoms with Crippen LogP contribution in [-0.2, 0) is 0 Å². The average molecular weight is 1800 g/mol. The predicted molar refractivity (Wildman–Crippen MR) is 587 cm³/mol. The Morgan fingerprint density at radius 1 is 0.128 bits per heavy atom. The first-order valence-electron chi connectivity index (χ1n) is 48.1. The summed E-state index contributed by atoms with van der Waals surface area (Å²) in [6.45, 7) is 0. The van der Waals surface area contributed by atoms with Crippen LogP contribution in [-0.4, -0.2) is 27.4 Å². The van der Waals surface area contributed by atoms with Crippen LogP contribution in [0.25, 0.3) is 265 Å². The first kappa shape index (κ1) is 80.5. The number of furan rings is 3. The van der Waals surface area contributed by atoms with Gasteiger partial charge in [0.1, 0.15) is 33.3 Å². The molecule has 0 unspecified atom stereocenters. The van der Waals surface area contributed by atoms with Crippen LogP contribution in [0.1, 0.15) is 0 Å². The molecule has 141 heavy (non-hydrogen) atoms. The van der Waals surface area contributed by atoms with Crippen LogP contribution >= 0.6 is 0 Å². The maximum absolute atomic E-state index is 6.73. The van der Waals surface area contributed by atoms with Crippen LogP contribution in [0.3, 0.4) is 0 Å². The van der Waals surface area contributed by atoms with Gasteiger partial charge in [-0.2, -0.15) is 0 Å². The van der Waals surface area contributed by atoms with E-state index in [1.807, 2.05) is 0 Å². The van der Waals surface area contributed by atoms with Crippen molar-refractivity contribution in [3.05, 3.63) is 510 Å². The minimum Gasteiger partial charge on any atom is -0.454 e. The molecule has 30 aromatic rings. The lowest BCUT2D eigenvalue weighted by atomic mass is 9.91. The lowest BCUT2D eigenvalue weighted by Crippen LogP contribution is -1.96. The molecular weight excluding hydrogens is 1720 g/mol. The summed E-state index contributed by atoms with van der Waals surface area (Å²) in [6.07, 6.45) is 0. The van der Waals surface area contributed by atoms with Crippen LogP contribution in [0.15, 0.2) is 523 Å². The molecule has 0 N–H and O–H groups in total. The van der Waals surface area contributed by atoms with E-state index in [0.717, 1.165) is 144 Å². The molecule has 9 heteroatoms. The molecule has 0 atom stereocenters. The molecule has 21 aromatic carbocycles. The van der Waals surface area contributed by atoms with Gasteiger partial charge in [-0.3, -0.25) is 0 Å². The van der Waals surface area contributed by atoms with E-state index in [4.69, 9.17) is 13.3 Å². The zero-order valence-electron chi connectivity index (χ0n) is 76.4. The van der Waals surface area contributed by atoms with E-state index in [9.17, 15) is 0 Å². The van der Waals surface area contributed by atoms with Gasteiger partial charge in [0, 0.05) is 104 Å². The zero-order valence-corrected chi connectivity index (χ0v) is 76.4. The molecule has 0 saturated heterocycles. The van der Waals surface area contributed by atoms with Gasteiger partial charge in [-0.1, -0.05) is 328 Å². The second-order valence-corrected chi connectivity index (χ2v) is 36.4. The summed E-state index contributed by atoms with van der Waals surface area (Å²) < 4.78 is 34.2. The van der Waals surface area contributed by atoms with Gasteiger partial charge in [0.2, 0.25) is 0 Å². The topological polar surface area (TPSA) is 69.0 Å². The summed E-state index contributed by atoms with van der Waals surface area (Å²) >= 11 is 0. The fourth-order valence-electron chi connectivity index (χ4n) is 22.5. The highest BCUT2D eigenvalue weighted by Gasteiger charge is 2.28. The number of fused-ring (bicyclic) bond motifs is 24. The molecule has 660 valence electrons. The van der Waals surface area contributed by atoms with Gasteiger partial charge < -0.3 is 40.7 Å². The van der Waals surface area contributed by atoms with Gasteiger partial charge in [0.25, 0.3) is 0 Å². The number of hydrogen-bond acceptors (Lipinski definition) is 3. The molecular formula is C132H84N6O3. The Hall–Kier alpha value is -19.0. The largest absolute Gasteiger partial charge is 0.454 e. The van der Waals surface area contributed by atoms with Gasteiger partial charge in [-0.15, -0.1) is 0 Å². The molecule has 0 aliphatic rings. The van der Waals surface area contributed by atoms with Crippen molar-refractivity contribution in [3.8, 4) is 101 Å². The Balaban J connectivity index is 0.000000104. The molecule has 9 nitrogen and oxygen atoms in total. The van der Waals surface area contributed by atoms with Crippen molar-refractivity contribution in [1.29, 1.82) is 0 Å². The Morgan fingerprint density at radius 2 is 0.390 bits per heavy atom. The third-order valence-corrected chi connectivity index (χ3v) is 28.6. The molecule has 9 aromatic heterocycles. The monoisotopic (exact) mass is 1800 g/mol.